The molecule has 7 nitrogen and oxygen atoms in total. The first-order chi connectivity index (χ1) is 18.4. The first-order valence-electron chi connectivity index (χ1n) is 13.8. The second-order valence-corrected chi connectivity index (χ2v) is 11.4. The monoisotopic (exact) mass is 511 g/mol. The van der Waals surface area contributed by atoms with E-state index in [-0.39, 0.29) is 12.3 Å². The van der Waals surface area contributed by atoms with Crippen molar-refractivity contribution < 1.29 is 9.90 Å². The van der Waals surface area contributed by atoms with Crippen LogP contribution in [-0.4, -0.2) is 57.0 Å². The van der Waals surface area contributed by atoms with Crippen LogP contribution in [0.15, 0.2) is 54.7 Å². The summed E-state index contributed by atoms with van der Waals surface area (Å²) in [5, 5.41) is 15.0. The highest BCUT2D eigenvalue weighted by Gasteiger charge is 2.39. The van der Waals surface area contributed by atoms with Crippen molar-refractivity contribution in [2.24, 2.45) is 17.6 Å². The van der Waals surface area contributed by atoms with Gasteiger partial charge in [0.2, 0.25) is 0 Å². The van der Waals surface area contributed by atoms with Gasteiger partial charge in [-0.2, -0.15) is 5.10 Å². The Labute approximate surface area is 223 Å². The molecular weight excluding hydrogens is 474 g/mol. The lowest BCUT2D eigenvalue weighted by Gasteiger charge is -2.15. The van der Waals surface area contributed by atoms with E-state index in [2.05, 4.69) is 64.2 Å². The van der Waals surface area contributed by atoms with E-state index in [9.17, 15) is 9.90 Å². The summed E-state index contributed by atoms with van der Waals surface area (Å²) in [4.78, 5) is 14.1. The number of aryl methyl sites for hydroxylation is 2. The fourth-order valence-electron chi connectivity index (χ4n) is 6.84. The highest BCUT2D eigenvalue weighted by molar-refractivity contribution is 5.91. The average Bonchev–Trinajstić information content (AvgIpc) is 3.65. The van der Waals surface area contributed by atoms with Crippen molar-refractivity contribution in [3.05, 3.63) is 82.8 Å². The van der Waals surface area contributed by atoms with Crippen molar-refractivity contribution in [2.45, 2.75) is 45.1 Å². The smallest absolute Gasteiger partial charge is 0.269 e. The molecule has 2 aromatic heterocycles. The van der Waals surface area contributed by atoms with Crippen molar-refractivity contribution in [1.82, 2.24) is 19.2 Å². The van der Waals surface area contributed by atoms with Gasteiger partial charge in [-0.15, -0.1) is 0 Å². The van der Waals surface area contributed by atoms with E-state index >= 15 is 0 Å². The third-order valence-corrected chi connectivity index (χ3v) is 8.67. The van der Waals surface area contributed by atoms with Gasteiger partial charge in [-0.3, -0.25) is 4.79 Å². The molecule has 2 fully saturated rings. The fraction of sp³-hybridized carbons (Fsp3) is 0.419. The van der Waals surface area contributed by atoms with Gasteiger partial charge in [-0.25, -0.2) is 4.68 Å². The number of amides is 1. The van der Waals surface area contributed by atoms with Crippen LogP contribution < -0.4 is 5.73 Å². The Morgan fingerprint density at radius 2 is 1.82 bits per heavy atom. The minimum atomic E-state index is -0.530. The molecule has 38 heavy (non-hydrogen) atoms. The second-order valence-electron chi connectivity index (χ2n) is 11.4. The Balaban J connectivity index is 1.26. The molecule has 1 saturated carbocycles. The normalized spacial score (nSPS) is 21.4. The number of carbonyl (C=O) groups is 1. The number of rotatable bonds is 8. The molecule has 3 N–H and O–H groups in total. The molecule has 3 heterocycles. The summed E-state index contributed by atoms with van der Waals surface area (Å²) in [5.41, 5.74) is 12.6. The number of nitrogens with zero attached hydrogens (tertiary/aromatic N) is 4. The molecule has 7 heteroatoms. The highest BCUT2D eigenvalue weighted by Crippen LogP contribution is 2.45. The van der Waals surface area contributed by atoms with Gasteiger partial charge in [0.25, 0.3) is 5.91 Å². The van der Waals surface area contributed by atoms with Crippen LogP contribution >= 0.6 is 0 Å². The lowest BCUT2D eigenvalue weighted by Crippen LogP contribution is -2.16. The number of hydrogen-bond acceptors (Lipinski definition) is 4. The van der Waals surface area contributed by atoms with E-state index < -0.39 is 5.91 Å². The number of aliphatic hydroxyl groups excluding tert-OH is 1. The van der Waals surface area contributed by atoms with Crippen molar-refractivity contribution >= 4 is 16.8 Å². The summed E-state index contributed by atoms with van der Waals surface area (Å²) in [5.74, 6) is 1.90. The van der Waals surface area contributed by atoms with Crippen molar-refractivity contribution in [3.63, 3.8) is 0 Å². The maximum absolute atomic E-state index is 11.6. The van der Waals surface area contributed by atoms with Gasteiger partial charge in [0, 0.05) is 49.0 Å². The summed E-state index contributed by atoms with van der Waals surface area (Å²) in [7, 11) is 2.25. The molecule has 0 radical (unpaired) electrons. The van der Waals surface area contributed by atoms with Gasteiger partial charge in [-0.05, 0) is 98.4 Å². The third kappa shape index (κ3) is 4.65. The highest BCUT2D eigenvalue weighted by atomic mass is 16.2. The summed E-state index contributed by atoms with van der Waals surface area (Å²) in [6.07, 6.45) is 6.38. The minimum Gasteiger partial charge on any atom is -0.396 e. The van der Waals surface area contributed by atoms with Gasteiger partial charge in [0.15, 0.2) is 5.69 Å². The number of aromatic nitrogens is 3. The number of fused-ring (bicyclic) bond motifs is 2. The maximum Gasteiger partial charge on any atom is 0.269 e. The van der Waals surface area contributed by atoms with E-state index in [1.165, 1.54) is 42.6 Å². The number of primary amides is 1. The number of likely N-dealkylation sites (tertiary alicyclic amines) is 1. The summed E-state index contributed by atoms with van der Waals surface area (Å²) in [6, 6.07) is 17.3. The maximum atomic E-state index is 11.6. The topological polar surface area (TPSA) is 89.3 Å². The summed E-state index contributed by atoms with van der Waals surface area (Å²) in [6.45, 7) is 5.39. The zero-order valence-electron chi connectivity index (χ0n) is 22.3. The molecular formula is C31H37N5O2. The zero-order valence-corrected chi connectivity index (χ0v) is 22.3. The molecule has 0 spiro atoms. The number of carbonyl (C=O) groups excluding carboxylic acids is 1. The van der Waals surface area contributed by atoms with Gasteiger partial charge in [0.05, 0.1) is 5.69 Å². The van der Waals surface area contributed by atoms with Crippen molar-refractivity contribution in [3.8, 4) is 5.69 Å². The SMILES string of the molecule is Cc1cc(C(N)=O)nn1-c1ccc2c(c1)c(CCCO)cn2Cc1ccc([C@@H]2C[C@@H]3CN(C)C[C@@H]3C2)cc1. The van der Waals surface area contributed by atoms with Crippen LogP contribution in [-0.2, 0) is 13.0 Å². The van der Waals surface area contributed by atoms with Gasteiger partial charge >= 0.3 is 0 Å². The summed E-state index contributed by atoms with van der Waals surface area (Å²) >= 11 is 0. The van der Waals surface area contributed by atoms with Crippen LogP contribution in [0.4, 0.5) is 0 Å². The van der Waals surface area contributed by atoms with Crippen LogP contribution in [0.25, 0.3) is 16.6 Å². The van der Waals surface area contributed by atoms with Crippen LogP contribution in [0.3, 0.4) is 0 Å². The second kappa shape index (κ2) is 10.0. The molecule has 2 aliphatic rings. The summed E-state index contributed by atoms with van der Waals surface area (Å²) < 4.78 is 4.07. The number of aliphatic hydroxyl groups is 1. The lowest BCUT2D eigenvalue weighted by molar-refractivity contribution is 0.0995. The Morgan fingerprint density at radius 1 is 1.08 bits per heavy atom. The number of nitrogens with two attached hydrogens (primary N) is 1. The van der Waals surface area contributed by atoms with Gasteiger partial charge in [0.1, 0.15) is 0 Å². The van der Waals surface area contributed by atoms with Crippen LogP contribution in [0.2, 0.25) is 0 Å². The Morgan fingerprint density at radius 3 is 2.47 bits per heavy atom. The van der Waals surface area contributed by atoms with Crippen LogP contribution in [0.1, 0.15) is 58.1 Å². The van der Waals surface area contributed by atoms with Gasteiger partial charge < -0.3 is 20.3 Å². The van der Waals surface area contributed by atoms with Crippen LogP contribution in [0, 0.1) is 18.8 Å². The molecule has 0 unspecified atom stereocenters. The van der Waals surface area contributed by atoms with E-state index in [0.717, 1.165) is 47.1 Å². The van der Waals surface area contributed by atoms with E-state index in [4.69, 9.17) is 5.73 Å². The largest absolute Gasteiger partial charge is 0.396 e. The molecule has 1 amide bonds. The molecule has 6 rings (SSSR count). The standard InChI is InChI=1S/C31H37N5O2/c1-20-12-29(31(32)38)33-36(20)27-9-10-30-28(15-27)23(4-3-11-37)19-35(30)16-21-5-7-22(8-6-21)24-13-25-17-34(2)18-26(25)14-24/h5-10,12,15,19,24-26,37H,3-4,11,13-14,16-18H2,1-2H3,(H2,32,38)/t24-,25-,26+. The van der Waals surface area contributed by atoms with E-state index in [0.29, 0.717) is 12.3 Å². The predicted molar refractivity (Wildman–Crippen MR) is 150 cm³/mol. The molecule has 2 aromatic carbocycles. The molecule has 3 atom stereocenters. The van der Waals surface area contributed by atoms with E-state index in [1.807, 2.05) is 13.0 Å². The molecule has 1 aliphatic carbocycles. The Hall–Kier alpha value is -3.42. The van der Waals surface area contributed by atoms with Gasteiger partial charge in [-0.1, -0.05) is 24.3 Å². The van der Waals surface area contributed by atoms with Crippen LogP contribution in [0.5, 0.6) is 0 Å². The fourth-order valence-corrected chi connectivity index (χ4v) is 6.84. The molecule has 0 bridgehead atoms. The minimum absolute atomic E-state index is 0.160. The number of benzene rings is 2. The Kier molecular flexibility index (Phi) is 6.58. The van der Waals surface area contributed by atoms with Crippen molar-refractivity contribution in [2.75, 3.05) is 26.7 Å². The molecule has 1 saturated heterocycles. The first kappa shape index (κ1) is 24.9. The zero-order chi connectivity index (χ0) is 26.4. The average molecular weight is 512 g/mol. The van der Waals surface area contributed by atoms with Crippen molar-refractivity contribution in [1.29, 1.82) is 0 Å². The predicted octanol–water partition coefficient (Wildman–Crippen LogP) is 4.26. The molecule has 1 aliphatic heterocycles. The quantitative estimate of drug-likeness (QED) is 0.370. The van der Waals surface area contributed by atoms with E-state index in [1.54, 1.807) is 10.7 Å². The Bertz CT molecular complexity index is 1450. The molecule has 198 valence electrons. The lowest BCUT2D eigenvalue weighted by atomic mass is 9.95. The third-order valence-electron chi connectivity index (χ3n) is 8.67. The number of hydrogen-bond donors (Lipinski definition) is 2. The molecule has 4 aromatic rings. The first-order valence-corrected chi connectivity index (χ1v) is 13.8.